The van der Waals surface area contributed by atoms with Crippen molar-refractivity contribution in [3.8, 4) is 22.6 Å². The van der Waals surface area contributed by atoms with Crippen molar-refractivity contribution in [1.29, 1.82) is 0 Å². The van der Waals surface area contributed by atoms with Crippen LogP contribution in [0.25, 0.3) is 82.9 Å². The Balaban J connectivity index is 1.54. The molecular formula is C47H40Br2N4O2. The average Bonchev–Trinajstić information content (AvgIpc) is 3.81. The number of nitrogens with zero attached hydrogens (tertiary/aromatic N) is 2. The first kappa shape index (κ1) is 35.5. The molecule has 0 aliphatic heterocycles. The summed E-state index contributed by atoms with van der Waals surface area (Å²) in [5.74, 6) is 0.347. The lowest BCUT2D eigenvalue weighted by atomic mass is 9.79. The average molecular weight is 853 g/mol. The molecule has 0 saturated carbocycles. The van der Waals surface area contributed by atoms with Crippen molar-refractivity contribution >= 4 is 104 Å². The smallest absolute Gasteiger partial charge is 0.134 e. The van der Waals surface area contributed by atoms with E-state index in [1.54, 1.807) is 0 Å². The summed E-state index contributed by atoms with van der Waals surface area (Å²) >= 11 is 7.43. The molecule has 9 rings (SSSR count). The van der Waals surface area contributed by atoms with Crippen molar-refractivity contribution in [1.82, 2.24) is 19.9 Å². The number of phenolic OH excluding ortho intramolecular Hbond substituents is 1. The fourth-order valence-electron chi connectivity index (χ4n) is 7.73. The van der Waals surface area contributed by atoms with Crippen LogP contribution in [0, 0.1) is 5.41 Å². The second-order valence-corrected chi connectivity index (χ2v) is 18.5. The van der Waals surface area contributed by atoms with E-state index in [9.17, 15) is 10.2 Å². The van der Waals surface area contributed by atoms with Gasteiger partial charge in [-0.1, -0.05) is 103 Å². The minimum atomic E-state index is -0.215. The molecule has 0 atom stereocenters. The topological polar surface area (TPSA) is 97.8 Å². The summed E-state index contributed by atoms with van der Waals surface area (Å²) in [6, 6.07) is 30.7. The molecule has 5 aromatic heterocycles. The van der Waals surface area contributed by atoms with E-state index >= 15 is 0 Å². The summed E-state index contributed by atoms with van der Waals surface area (Å²) in [6.45, 7) is 13.2. The highest BCUT2D eigenvalue weighted by Crippen LogP contribution is 2.43. The molecule has 55 heavy (non-hydrogen) atoms. The Morgan fingerprint density at radius 2 is 1.13 bits per heavy atom. The van der Waals surface area contributed by atoms with Gasteiger partial charge in [0.2, 0.25) is 0 Å². The molecule has 0 spiro atoms. The van der Waals surface area contributed by atoms with Gasteiger partial charge in [-0.15, -0.1) is 0 Å². The van der Waals surface area contributed by atoms with Gasteiger partial charge in [-0.3, -0.25) is 0 Å². The molecule has 5 heterocycles. The molecule has 0 fully saturated rings. The van der Waals surface area contributed by atoms with Crippen molar-refractivity contribution < 1.29 is 10.2 Å². The van der Waals surface area contributed by atoms with Gasteiger partial charge in [-0.05, 0) is 101 Å². The Hall–Kier alpha value is -5.18. The second-order valence-electron chi connectivity index (χ2n) is 16.7. The molecule has 1 aliphatic carbocycles. The summed E-state index contributed by atoms with van der Waals surface area (Å²) in [5.41, 5.74) is 11.4. The number of fused-ring (bicyclic) bond motifs is 14. The number of aromatic hydroxyl groups is 2. The second kappa shape index (κ2) is 12.7. The standard InChI is InChI=1S/C47H40Br2N4O2/c1-46(2,3)27-19-31-35-13-15-39(50-35)41(26-17-29(48)23-30(49)18-26)40-16-14-36(51-40)32-20-28(47(4,5)6)22-34(45(32)55)38-12-10-25-8-7-24-9-11-37(33(21-27)44(31)54)52-42(24)43(25)53-38/h7-21,23,50-51,54-55H,22H2,1-6H3. The number of H-pyrrole nitrogens is 2. The number of allylic oxidation sites excluding steroid dienone is 1. The number of benzene rings is 3. The molecule has 0 amide bonds. The number of rotatable bonds is 1. The van der Waals surface area contributed by atoms with E-state index < -0.39 is 0 Å². The van der Waals surface area contributed by atoms with Gasteiger partial charge in [0.05, 0.1) is 22.1 Å². The van der Waals surface area contributed by atoms with Crippen LogP contribution in [0.15, 0.2) is 106 Å². The predicted octanol–water partition coefficient (Wildman–Crippen LogP) is 13.6. The minimum Gasteiger partial charge on any atom is -0.507 e. The van der Waals surface area contributed by atoms with E-state index in [-0.39, 0.29) is 22.3 Å². The largest absolute Gasteiger partial charge is 0.507 e. The molecule has 0 saturated heterocycles. The third-order valence-corrected chi connectivity index (χ3v) is 11.8. The highest BCUT2D eigenvalue weighted by atomic mass is 79.9. The lowest BCUT2D eigenvalue weighted by molar-refractivity contribution is 0.456. The number of phenols is 1. The Morgan fingerprint density at radius 1 is 0.582 bits per heavy atom. The fourth-order valence-corrected chi connectivity index (χ4v) is 9.03. The van der Waals surface area contributed by atoms with Crippen LogP contribution in [0.5, 0.6) is 11.5 Å². The van der Waals surface area contributed by atoms with Gasteiger partial charge in [0.1, 0.15) is 11.5 Å². The highest BCUT2D eigenvalue weighted by molar-refractivity contribution is 9.11. The van der Waals surface area contributed by atoms with Crippen molar-refractivity contribution in [3.63, 3.8) is 0 Å². The third kappa shape index (κ3) is 6.16. The zero-order chi connectivity index (χ0) is 38.6. The van der Waals surface area contributed by atoms with Crippen LogP contribution in [-0.2, 0) is 11.8 Å². The number of aromatic nitrogens is 4. The molecule has 0 radical (unpaired) electrons. The van der Waals surface area contributed by atoms with Crippen molar-refractivity contribution in [2.45, 2.75) is 53.4 Å². The van der Waals surface area contributed by atoms with Crippen molar-refractivity contribution in [3.05, 3.63) is 122 Å². The first-order valence-electron chi connectivity index (χ1n) is 18.4. The van der Waals surface area contributed by atoms with E-state index in [1.807, 2.05) is 36.4 Å². The number of aromatic amines is 2. The van der Waals surface area contributed by atoms with Crippen LogP contribution >= 0.6 is 31.9 Å². The van der Waals surface area contributed by atoms with Gasteiger partial charge in [0.15, 0.2) is 0 Å². The summed E-state index contributed by atoms with van der Waals surface area (Å²) in [6.07, 6.45) is 2.69. The van der Waals surface area contributed by atoms with E-state index in [2.05, 4.69) is 144 Å². The Bertz CT molecular complexity index is 3070. The maximum absolute atomic E-state index is 12.2. The lowest BCUT2D eigenvalue weighted by Gasteiger charge is -2.27. The summed E-state index contributed by atoms with van der Waals surface area (Å²) in [5, 5.41) is 27.6. The van der Waals surface area contributed by atoms with Crippen LogP contribution in [0.3, 0.4) is 0 Å². The molecule has 3 aromatic carbocycles. The van der Waals surface area contributed by atoms with Gasteiger partial charge in [0.25, 0.3) is 0 Å². The number of halogens is 2. The molecule has 6 nitrogen and oxygen atoms in total. The molecule has 8 heteroatoms. The normalized spacial score (nSPS) is 13.3. The van der Waals surface area contributed by atoms with Crippen LogP contribution in [0.4, 0.5) is 0 Å². The molecule has 4 N–H and O–H groups in total. The Morgan fingerprint density at radius 3 is 1.76 bits per heavy atom. The first-order valence-corrected chi connectivity index (χ1v) is 20.0. The summed E-state index contributed by atoms with van der Waals surface area (Å²) in [4.78, 5) is 17.9. The number of nitrogens with one attached hydrogen (secondary N) is 2. The summed E-state index contributed by atoms with van der Waals surface area (Å²) in [7, 11) is 0. The van der Waals surface area contributed by atoms with Crippen LogP contribution < -0.4 is 0 Å². The van der Waals surface area contributed by atoms with Crippen molar-refractivity contribution in [2.24, 2.45) is 5.41 Å². The first-order chi connectivity index (χ1) is 26.1. The van der Waals surface area contributed by atoms with Gasteiger partial charge in [0, 0.05) is 69.2 Å². The fraction of sp³-hybridized carbons (Fsp3) is 0.191. The number of pyridine rings is 2. The van der Waals surface area contributed by atoms with Gasteiger partial charge >= 0.3 is 0 Å². The van der Waals surface area contributed by atoms with E-state index in [0.29, 0.717) is 33.8 Å². The quantitative estimate of drug-likeness (QED) is 0.124. The molecule has 1 aliphatic rings. The molecule has 8 aromatic rings. The van der Waals surface area contributed by atoms with Gasteiger partial charge in [-0.2, -0.15) is 0 Å². The SMILES string of the molecule is CC(C)(C)C1=Cc2c(O)c(c3ccc4ccc5ccc(nc5c4n3)c3cc(C(C)(C)C)cc(c3O)c3ccc([nH]3)c(-c3cc(Br)cc(Br)c3)c3ccc2[nH]3)C1. The van der Waals surface area contributed by atoms with Crippen LogP contribution in [0.1, 0.15) is 58.2 Å². The van der Waals surface area contributed by atoms with Gasteiger partial charge in [-0.25, -0.2) is 9.97 Å². The monoisotopic (exact) mass is 850 g/mol. The Kier molecular flexibility index (Phi) is 8.19. The van der Waals surface area contributed by atoms with E-state index in [4.69, 9.17) is 9.97 Å². The number of hydrogen-bond donors (Lipinski definition) is 4. The van der Waals surface area contributed by atoms with Crippen LogP contribution in [0.2, 0.25) is 0 Å². The predicted molar refractivity (Wildman–Crippen MR) is 236 cm³/mol. The van der Waals surface area contributed by atoms with Crippen LogP contribution in [-0.4, -0.2) is 30.1 Å². The Labute approximate surface area is 335 Å². The van der Waals surface area contributed by atoms with E-state index in [1.165, 1.54) is 5.57 Å². The molecule has 0 unspecified atom stereocenters. The molecule has 12 bridgehead atoms. The molecular weight excluding hydrogens is 812 g/mol. The zero-order valence-corrected chi connectivity index (χ0v) is 34.7. The zero-order valence-electron chi connectivity index (χ0n) is 31.5. The lowest BCUT2D eigenvalue weighted by Crippen LogP contribution is -2.14. The number of hydrogen-bond acceptors (Lipinski definition) is 4. The summed E-state index contributed by atoms with van der Waals surface area (Å²) < 4.78 is 1.86. The maximum atomic E-state index is 12.2. The maximum Gasteiger partial charge on any atom is 0.134 e. The van der Waals surface area contributed by atoms with E-state index in [0.717, 1.165) is 75.1 Å². The highest BCUT2D eigenvalue weighted by Gasteiger charge is 2.25. The van der Waals surface area contributed by atoms with Gasteiger partial charge < -0.3 is 20.2 Å². The minimum absolute atomic E-state index is 0.148. The third-order valence-electron chi connectivity index (χ3n) is 10.9. The molecule has 274 valence electrons. The van der Waals surface area contributed by atoms with Crippen molar-refractivity contribution in [2.75, 3.05) is 0 Å².